The van der Waals surface area contributed by atoms with Gasteiger partial charge in [-0.15, -0.1) is 0 Å². The summed E-state index contributed by atoms with van der Waals surface area (Å²) in [5, 5.41) is 23.2. The van der Waals surface area contributed by atoms with Gasteiger partial charge in [-0.3, -0.25) is 15.2 Å². The van der Waals surface area contributed by atoms with Crippen molar-refractivity contribution in [1.82, 2.24) is 5.43 Å². The molecule has 6 nitrogen and oxygen atoms in total. The van der Waals surface area contributed by atoms with Gasteiger partial charge in [0, 0.05) is 11.5 Å². The highest BCUT2D eigenvalue weighted by molar-refractivity contribution is 5.87. The number of hydrogen-bond acceptors (Lipinski definition) is 4. The number of amides is 1. The summed E-state index contributed by atoms with van der Waals surface area (Å²) in [7, 11) is 0. The Kier molecular flexibility index (Phi) is 6.41. The van der Waals surface area contributed by atoms with Crippen LogP contribution < -0.4 is 10.4 Å². The molecule has 4 aliphatic carbocycles. The van der Waals surface area contributed by atoms with E-state index in [1.807, 2.05) is 71.7 Å². The number of carboxylic acid groups (broad SMARTS) is 1. The first-order valence-electron chi connectivity index (χ1n) is 14.3. The standard InChI is InChI=1S/C33H38N2O4/c1-32-18-17-21(31(38)39)19-22(32)13-14-25-26-15-16-27(33(26,2)20-28(36)29(25)32)30(37)34-35(23-9-5-3-6-10-23)24-11-7-4-8-12-24/h3-13,19,25-29,36H,14-18,20H2,1-2H3,(H,34,37)(H,38,39)/t25-,26-,27+,28-,29+,32-,33-/m0/s1. The molecule has 0 aromatic heterocycles. The number of carboxylic acids is 1. The zero-order chi connectivity index (χ0) is 27.4. The zero-order valence-corrected chi connectivity index (χ0v) is 22.7. The maximum atomic E-state index is 14.0. The Morgan fingerprint density at radius 1 is 0.974 bits per heavy atom. The van der Waals surface area contributed by atoms with Gasteiger partial charge in [-0.1, -0.05) is 56.3 Å². The van der Waals surface area contributed by atoms with Crippen LogP contribution >= 0.6 is 0 Å². The number of aliphatic carboxylic acids is 1. The van der Waals surface area contributed by atoms with Crippen molar-refractivity contribution in [3.8, 4) is 0 Å². The molecule has 0 spiro atoms. The Hall–Kier alpha value is -3.38. The third kappa shape index (κ3) is 4.20. The van der Waals surface area contributed by atoms with E-state index in [9.17, 15) is 19.8 Å². The Morgan fingerprint density at radius 2 is 1.62 bits per heavy atom. The van der Waals surface area contributed by atoms with Crippen LogP contribution in [0.2, 0.25) is 0 Å². The monoisotopic (exact) mass is 526 g/mol. The zero-order valence-electron chi connectivity index (χ0n) is 22.7. The second-order valence-corrected chi connectivity index (χ2v) is 12.5. The highest BCUT2D eigenvalue weighted by atomic mass is 16.4. The predicted molar refractivity (Wildman–Crippen MR) is 151 cm³/mol. The van der Waals surface area contributed by atoms with E-state index in [0.29, 0.717) is 24.3 Å². The Labute approximate surface area is 230 Å². The van der Waals surface area contributed by atoms with Gasteiger partial charge in [-0.05, 0) is 103 Å². The normalized spacial score (nSPS) is 35.0. The minimum atomic E-state index is -0.846. The lowest BCUT2D eigenvalue weighted by molar-refractivity contribution is -0.141. The molecule has 0 bridgehead atoms. The van der Waals surface area contributed by atoms with Crippen LogP contribution in [0.25, 0.3) is 0 Å². The molecule has 0 saturated heterocycles. The van der Waals surface area contributed by atoms with Crippen LogP contribution in [-0.2, 0) is 9.59 Å². The van der Waals surface area contributed by atoms with Crippen LogP contribution in [0, 0.1) is 34.5 Å². The number of allylic oxidation sites excluding steroid dienone is 3. The van der Waals surface area contributed by atoms with Gasteiger partial charge in [0.2, 0.25) is 5.91 Å². The summed E-state index contributed by atoms with van der Waals surface area (Å²) in [6.07, 6.45) is 8.00. The fraction of sp³-hybridized carbons (Fsp3) is 0.455. The fourth-order valence-electron chi connectivity index (χ4n) is 8.68. The third-order valence-electron chi connectivity index (χ3n) is 10.5. The molecule has 6 heteroatoms. The van der Waals surface area contributed by atoms with Gasteiger partial charge < -0.3 is 10.2 Å². The molecular formula is C33H38N2O4. The van der Waals surface area contributed by atoms with Crippen LogP contribution in [-0.4, -0.2) is 28.2 Å². The van der Waals surface area contributed by atoms with E-state index in [2.05, 4.69) is 25.3 Å². The minimum absolute atomic E-state index is 0.00306. The van der Waals surface area contributed by atoms with Crippen LogP contribution in [0.4, 0.5) is 11.4 Å². The van der Waals surface area contributed by atoms with Gasteiger partial charge >= 0.3 is 5.97 Å². The molecule has 39 heavy (non-hydrogen) atoms. The second kappa shape index (κ2) is 9.67. The molecule has 2 fully saturated rings. The van der Waals surface area contributed by atoms with E-state index >= 15 is 0 Å². The van der Waals surface area contributed by atoms with Gasteiger partial charge in [-0.25, -0.2) is 4.79 Å². The topological polar surface area (TPSA) is 89.9 Å². The number of carbonyl (C=O) groups excluding carboxylic acids is 1. The number of anilines is 2. The Bertz CT molecular complexity index is 1280. The first-order valence-corrected chi connectivity index (χ1v) is 14.3. The maximum absolute atomic E-state index is 14.0. The molecule has 4 aliphatic rings. The van der Waals surface area contributed by atoms with Crippen LogP contribution in [0.3, 0.4) is 0 Å². The lowest BCUT2D eigenvalue weighted by Crippen LogP contribution is -2.57. The summed E-state index contributed by atoms with van der Waals surface area (Å²) in [6.45, 7) is 4.43. The van der Waals surface area contributed by atoms with Crippen LogP contribution in [0.1, 0.15) is 52.4 Å². The van der Waals surface area contributed by atoms with Gasteiger partial charge in [0.1, 0.15) is 0 Å². The Balaban J connectivity index is 1.28. The van der Waals surface area contributed by atoms with Gasteiger partial charge in [-0.2, -0.15) is 0 Å². The molecule has 204 valence electrons. The highest BCUT2D eigenvalue weighted by Crippen LogP contribution is 2.66. The van der Waals surface area contributed by atoms with E-state index in [0.717, 1.165) is 42.6 Å². The van der Waals surface area contributed by atoms with Gasteiger partial charge in [0.25, 0.3) is 0 Å². The van der Waals surface area contributed by atoms with Crippen LogP contribution in [0.15, 0.2) is 84.0 Å². The number of aliphatic hydroxyl groups is 1. The summed E-state index contributed by atoms with van der Waals surface area (Å²) in [4.78, 5) is 25.7. The molecule has 2 aromatic rings. The van der Waals surface area contributed by atoms with Gasteiger partial charge in [0.05, 0.1) is 17.5 Å². The van der Waals surface area contributed by atoms with E-state index in [-0.39, 0.29) is 34.5 Å². The molecule has 0 unspecified atom stereocenters. The molecule has 2 saturated carbocycles. The Morgan fingerprint density at radius 3 is 2.23 bits per heavy atom. The van der Waals surface area contributed by atoms with Crippen molar-refractivity contribution >= 4 is 23.3 Å². The number of carbonyl (C=O) groups is 2. The molecule has 0 radical (unpaired) electrons. The number of hydrazine groups is 1. The number of rotatable bonds is 5. The number of hydrogen-bond donors (Lipinski definition) is 3. The van der Waals surface area contributed by atoms with Crippen molar-refractivity contribution in [2.24, 2.45) is 34.5 Å². The molecule has 0 heterocycles. The predicted octanol–water partition coefficient (Wildman–Crippen LogP) is 6.03. The molecule has 3 N–H and O–H groups in total. The van der Waals surface area contributed by atoms with E-state index in [1.165, 1.54) is 0 Å². The van der Waals surface area contributed by atoms with Crippen molar-refractivity contribution in [3.63, 3.8) is 0 Å². The number of nitrogens with one attached hydrogen (secondary N) is 1. The lowest BCUT2D eigenvalue weighted by Gasteiger charge is -2.58. The molecule has 6 rings (SSSR count). The van der Waals surface area contributed by atoms with E-state index < -0.39 is 12.1 Å². The average Bonchev–Trinajstić information content (AvgIpc) is 3.28. The maximum Gasteiger partial charge on any atom is 0.331 e. The largest absolute Gasteiger partial charge is 0.478 e. The first-order chi connectivity index (χ1) is 18.7. The second-order valence-electron chi connectivity index (χ2n) is 12.5. The number of para-hydroxylation sites is 2. The smallest absolute Gasteiger partial charge is 0.331 e. The minimum Gasteiger partial charge on any atom is -0.478 e. The van der Waals surface area contributed by atoms with Gasteiger partial charge in [0.15, 0.2) is 0 Å². The van der Waals surface area contributed by atoms with Crippen molar-refractivity contribution in [2.45, 2.75) is 58.5 Å². The van der Waals surface area contributed by atoms with Crippen LogP contribution in [0.5, 0.6) is 0 Å². The van der Waals surface area contributed by atoms with Crippen molar-refractivity contribution < 1.29 is 19.8 Å². The number of benzene rings is 2. The lowest BCUT2D eigenvalue weighted by atomic mass is 9.47. The number of nitrogens with zero attached hydrogens (tertiary/aromatic N) is 1. The summed E-state index contributed by atoms with van der Waals surface area (Å²) in [5.74, 6) is -0.345. The molecule has 7 atom stereocenters. The molecule has 1 amide bonds. The first kappa shape index (κ1) is 25.9. The molecule has 0 aliphatic heterocycles. The van der Waals surface area contributed by atoms with Crippen molar-refractivity contribution in [2.75, 3.05) is 5.01 Å². The molecular weight excluding hydrogens is 488 g/mol. The quantitative estimate of drug-likeness (QED) is 0.414. The summed E-state index contributed by atoms with van der Waals surface area (Å²) in [5.41, 5.74) is 6.03. The number of aliphatic hydroxyl groups excluding tert-OH is 1. The highest BCUT2D eigenvalue weighted by Gasteiger charge is 2.62. The number of fused-ring (bicyclic) bond motifs is 5. The third-order valence-corrected chi connectivity index (χ3v) is 10.5. The fourth-order valence-corrected chi connectivity index (χ4v) is 8.68. The SMILES string of the molecule is C[C@]12C[C@H](O)[C@H]3[C@@H](CC=C4C=C(C(=O)O)CC[C@@]43C)[C@@H]1CC[C@@H]2C(=O)NN(c1ccccc1)c1ccccc1. The molecule has 2 aromatic carbocycles. The van der Waals surface area contributed by atoms with E-state index in [4.69, 9.17) is 0 Å². The summed E-state index contributed by atoms with van der Waals surface area (Å²) < 4.78 is 0. The van der Waals surface area contributed by atoms with Crippen molar-refractivity contribution in [3.05, 3.63) is 84.0 Å². The average molecular weight is 527 g/mol. The van der Waals surface area contributed by atoms with E-state index in [1.54, 1.807) is 0 Å². The van der Waals surface area contributed by atoms with Crippen molar-refractivity contribution in [1.29, 1.82) is 0 Å². The summed E-state index contributed by atoms with van der Waals surface area (Å²) in [6, 6.07) is 19.7. The summed E-state index contributed by atoms with van der Waals surface area (Å²) >= 11 is 0.